The number of anilines is 1. The predicted octanol–water partition coefficient (Wildman–Crippen LogP) is 1.56. The van der Waals surface area contributed by atoms with Crippen LogP contribution < -0.4 is 4.90 Å². The first-order chi connectivity index (χ1) is 10.1. The second-order valence-corrected chi connectivity index (χ2v) is 4.94. The Labute approximate surface area is 121 Å². The van der Waals surface area contributed by atoms with E-state index in [0.29, 0.717) is 19.5 Å². The van der Waals surface area contributed by atoms with Crippen molar-refractivity contribution in [2.24, 2.45) is 0 Å². The van der Waals surface area contributed by atoms with E-state index in [2.05, 4.69) is 5.10 Å². The summed E-state index contributed by atoms with van der Waals surface area (Å²) in [4.78, 5) is 24.8. The fourth-order valence-electron chi connectivity index (χ4n) is 2.54. The Balaban J connectivity index is 1.63. The zero-order valence-corrected chi connectivity index (χ0v) is 11.4. The Morgan fingerprint density at radius 3 is 2.81 bits per heavy atom. The molecule has 21 heavy (non-hydrogen) atoms. The molecule has 1 amide bonds. The van der Waals surface area contributed by atoms with Gasteiger partial charge in [0.25, 0.3) is 0 Å². The van der Waals surface area contributed by atoms with Crippen molar-refractivity contribution in [1.82, 2.24) is 9.78 Å². The number of hydrogen-bond acceptors (Lipinski definition) is 3. The third kappa shape index (κ3) is 2.65. The van der Waals surface area contributed by atoms with Gasteiger partial charge in [-0.15, -0.1) is 0 Å². The molecule has 6 nitrogen and oxygen atoms in total. The lowest BCUT2D eigenvalue weighted by Gasteiger charge is -2.17. The highest BCUT2D eigenvalue weighted by Gasteiger charge is 2.23. The number of amides is 1. The first-order valence-electron chi connectivity index (χ1n) is 6.80. The molecule has 0 radical (unpaired) electrons. The second-order valence-electron chi connectivity index (χ2n) is 4.94. The molecule has 0 aliphatic carbocycles. The van der Waals surface area contributed by atoms with E-state index in [1.54, 1.807) is 11.1 Å². The van der Waals surface area contributed by atoms with Crippen LogP contribution in [0.4, 0.5) is 5.69 Å². The minimum atomic E-state index is -1.06. The average Bonchev–Trinajstić information content (AvgIpc) is 3.11. The van der Waals surface area contributed by atoms with Gasteiger partial charge in [-0.05, 0) is 24.1 Å². The van der Waals surface area contributed by atoms with Crippen LogP contribution in [-0.2, 0) is 17.8 Å². The summed E-state index contributed by atoms with van der Waals surface area (Å²) >= 11 is 0. The predicted molar refractivity (Wildman–Crippen MR) is 76.3 cm³/mol. The Hall–Kier alpha value is -2.63. The van der Waals surface area contributed by atoms with E-state index >= 15 is 0 Å². The molecule has 1 aromatic heterocycles. The van der Waals surface area contributed by atoms with E-state index in [1.807, 2.05) is 24.3 Å². The molecule has 2 heterocycles. The lowest BCUT2D eigenvalue weighted by Crippen LogP contribution is -2.29. The molecule has 1 aliphatic rings. The van der Waals surface area contributed by atoms with E-state index in [4.69, 9.17) is 5.11 Å². The molecule has 0 saturated heterocycles. The van der Waals surface area contributed by atoms with Gasteiger partial charge in [-0.1, -0.05) is 18.2 Å². The highest BCUT2D eigenvalue weighted by Crippen LogP contribution is 2.27. The highest BCUT2D eigenvalue weighted by molar-refractivity contribution is 5.95. The molecule has 2 aromatic rings. The standard InChI is InChI=1S/C15H15N3O3/c19-14(7-9-17-8-6-12(16-17)15(20)21)18-10-5-11-3-1-2-4-13(11)18/h1-4,6,8H,5,7,9-10H2,(H,20,21). The molecule has 0 spiro atoms. The molecule has 1 N–H and O–H groups in total. The van der Waals surface area contributed by atoms with Crippen LogP contribution >= 0.6 is 0 Å². The van der Waals surface area contributed by atoms with Crippen molar-refractivity contribution in [3.63, 3.8) is 0 Å². The molecular weight excluding hydrogens is 270 g/mol. The molecule has 0 atom stereocenters. The molecule has 1 aromatic carbocycles. The molecule has 0 unspecified atom stereocenters. The van der Waals surface area contributed by atoms with Gasteiger partial charge < -0.3 is 10.0 Å². The van der Waals surface area contributed by atoms with E-state index in [1.165, 1.54) is 16.3 Å². The van der Waals surface area contributed by atoms with E-state index in [-0.39, 0.29) is 11.6 Å². The molecule has 1 aliphatic heterocycles. The zero-order valence-electron chi connectivity index (χ0n) is 11.4. The van der Waals surface area contributed by atoms with Gasteiger partial charge >= 0.3 is 5.97 Å². The Morgan fingerprint density at radius 2 is 2.05 bits per heavy atom. The van der Waals surface area contributed by atoms with Gasteiger partial charge in [-0.3, -0.25) is 9.48 Å². The number of carbonyl (C=O) groups excluding carboxylic acids is 1. The number of carboxylic acids is 1. The van der Waals surface area contributed by atoms with E-state index in [9.17, 15) is 9.59 Å². The molecule has 0 saturated carbocycles. The van der Waals surface area contributed by atoms with Crippen molar-refractivity contribution >= 4 is 17.6 Å². The van der Waals surface area contributed by atoms with Crippen LogP contribution in [0.15, 0.2) is 36.5 Å². The van der Waals surface area contributed by atoms with Crippen LogP contribution in [0.25, 0.3) is 0 Å². The van der Waals surface area contributed by atoms with Crippen LogP contribution in [-0.4, -0.2) is 33.3 Å². The van der Waals surface area contributed by atoms with Crippen molar-refractivity contribution in [2.75, 3.05) is 11.4 Å². The summed E-state index contributed by atoms with van der Waals surface area (Å²) in [5.41, 5.74) is 2.17. The topological polar surface area (TPSA) is 75.4 Å². The Morgan fingerprint density at radius 1 is 1.24 bits per heavy atom. The SMILES string of the molecule is O=C(O)c1ccn(CCC(=O)N2CCc3ccccc32)n1. The van der Waals surface area contributed by atoms with Gasteiger partial charge in [-0.25, -0.2) is 4.79 Å². The minimum absolute atomic E-state index is 0.00559. The van der Waals surface area contributed by atoms with Crippen molar-refractivity contribution in [1.29, 1.82) is 0 Å². The summed E-state index contributed by atoms with van der Waals surface area (Å²) in [6, 6.07) is 9.32. The maximum absolute atomic E-state index is 12.3. The zero-order chi connectivity index (χ0) is 14.8. The fourth-order valence-corrected chi connectivity index (χ4v) is 2.54. The summed E-state index contributed by atoms with van der Waals surface area (Å²) in [5, 5.41) is 12.7. The lowest BCUT2D eigenvalue weighted by atomic mass is 10.2. The smallest absolute Gasteiger partial charge is 0.356 e. The third-order valence-corrected chi connectivity index (χ3v) is 3.60. The maximum atomic E-state index is 12.3. The number of aromatic nitrogens is 2. The van der Waals surface area contributed by atoms with Gasteiger partial charge in [0.05, 0.1) is 0 Å². The molecule has 108 valence electrons. The van der Waals surface area contributed by atoms with Crippen LogP contribution in [0.1, 0.15) is 22.5 Å². The number of para-hydroxylation sites is 1. The number of fused-ring (bicyclic) bond motifs is 1. The van der Waals surface area contributed by atoms with Gasteiger partial charge in [0.1, 0.15) is 0 Å². The summed E-state index contributed by atoms with van der Waals surface area (Å²) in [6.07, 6.45) is 2.76. The Kier molecular flexibility index (Phi) is 3.43. The number of benzene rings is 1. The molecular formula is C15H15N3O3. The number of hydrogen-bond donors (Lipinski definition) is 1. The highest BCUT2D eigenvalue weighted by atomic mass is 16.4. The largest absolute Gasteiger partial charge is 0.476 e. The lowest BCUT2D eigenvalue weighted by molar-refractivity contribution is -0.118. The average molecular weight is 285 g/mol. The first kappa shape index (κ1) is 13.4. The van der Waals surface area contributed by atoms with Crippen LogP contribution in [0.2, 0.25) is 0 Å². The van der Waals surface area contributed by atoms with Gasteiger partial charge in [0, 0.05) is 31.4 Å². The monoisotopic (exact) mass is 285 g/mol. The van der Waals surface area contributed by atoms with Crippen LogP contribution in [0.3, 0.4) is 0 Å². The fraction of sp³-hybridized carbons (Fsp3) is 0.267. The maximum Gasteiger partial charge on any atom is 0.356 e. The van der Waals surface area contributed by atoms with E-state index in [0.717, 1.165) is 12.1 Å². The summed E-state index contributed by atoms with van der Waals surface area (Å²) < 4.78 is 1.49. The van der Waals surface area contributed by atoms with Gasteiger partial charge in [0.2, 0.25) is 5.91 Å². The second kappa shape index (κ2) is 5.40. The number of carboxylic acid groups (broad SMARTS) is 1. The number of aromatic carboxylic acids is 1. The van der Waals surface area contributed by atoms with Crippen molar-refractivity contribution in [2.45, 2.75) is 19.4 Å². The van der Waals surface area contributed by atoms with Crippen molar-refractivity contribution < 1.29 is 14.7 Å². The van der Waals surface area contributed by atoms with Crippen LogP contribution in [0, 0.1) is 0 Å². The number of carbonyl (C=O) groups is 2. The minimum Gasteiger partial charge on any atom is -0.476 e. The van der Waals surface area contributed by atoms with Crippen molar-refractivity contribution in [3.8, 4) is 0 Å². The van der Waals surface area contributed by atoms with Crippen LogP contribution in [0.5, 0.6) is 0 Å². The normalized spacial score (nSPS) is 13.2. The first-order valence-corrected chi connectivity index (χ1v) is 6.80. The number of nitrogens with zero attached hydrogens (tertiary/aromatic N) is 3. The molecule has 6 heteroatoms. The summed E-state index contributed by atoms with van der Waals surface area (Å²) in [7, 11) is 0. The molecule has 3 rings (SSSR count). The van der Waals surface area contributed by atoms with E-state index < -0.39 is 5.97 Å². The molecule has 0 bridgehead atoms. The third-order valence-electron chi connectivity index (χ3n) is 3.60. The molecule has 0 fully saturated rings. The summed E-state index contributed by atoms with van der Waals surface area (Å²) in [5.74, 6) is -1.03. The Bertz CT molecular complexity index is 693. The number of rotatable bonds is 4. The van der Waals surface area contributed by atoms with Gasteiger partial charge in [0.15, 0.2) is 5.69 Å². The van der Waals surface area contributed by atoms with Crippen molar-refractivity contribution in [3.05, 3.63) is 47.8 Å². The summed E-state index contributed by atoms with van der Waals surface area (Å²) in [6.45, 7) is 1.09. The number of aryl methyl sites for hydroxylation is 1. The quantitative estimate of drug-likeness (QED) is 0.925. The van der Waals surface area contributed by atoms with Gasteiger partial charge in [-0.2, -0.15) is 5.10 Å².